The molecule has 4 aromatic rings. The first kappa shape index (κ1) is 21.8. The zero-order valence-corrected chi connectivity index (χ0v) is 19.1. The molecule has 0 spiro atoms. The first-order valence-corrected chi connectivity index (χ1v) is 11.9. The number of benzene rings is 1. The lowest BCUT2D eigenvalue weighted by molar-refractivity contribution is 0.0951. The number of phenols is 1. The van der Waals surface area contributed by atoms with E-state index in [1.807, 2.05) is 12.1 Å². The fraction of sp³-hybridized carbons (Fsp3) is 0.200. The lowest BCUT2D eigenvalue weighted by atomic mass is 9.95. The van der Waals surface area contributed by atoms with E-state index in [4.69, 9.17) is 0 Å². The Hall–Kier alpha value is -3.98. The second-order valence-electron chi connectivity index (χ2n) is 8.10. The molecule has 0 fully saturated rings. The number of phenolic OH excluding ortho intramolecular Hbond substituents is 1. The number of aromatic nitrogens is 3. The number of pyridine rings is 1. The minimum Gasteiger partial charge on any atom is -0.507 e. The van der Waals surface area contributed by atoms with Crippen molar-refractivity contribution in [2.75, 3.05) is 5.32 Å². The van der Waals surface area contributed by atoms with E-state index in [2.05, 4.69) is 25.8 Å². The van der Waals surface area contributed by atoms with Crippen LogP contribution in [-0.4, -0.2) is 32.1 Å². The highest BCUT2D eigenvalue weighted by Gasteiger charge is 2.27. The van der Waals surface area contributed by atoms with Gasteiger partial charge in [0.1, 0.15) is 16.4 Å². The Morgan fingerprint density at radius 3 is 2.76 bits per heavy atom. The first-order chi connectivity index (χ1) is 16.6. The van der Waals surface area contributed by atoms with Crippen molar-refractivity contribution < 1.29 is 14.7 Å². The van der Waals surface area contributed by atoms with Gasteiger partial charge < -0.3 is 15.7 Å². The van der Waals surface area contributed by atoms with Crippen molar-refractivity contribution in [3.63, 3.8) is 0 Å². The molecular weight excluding hydrogens is 450 g/mol. The Kier molecular flexibility index (Phi) is 6.09. The molecule has 172 valence electrons. The molecule has 5 rings (SSSR count). The van der Waals surface area contributed by atoms with Crippen LogP contribution < -0.4 is 10.6 Å². The van der Waals surface area contributed by atoms with Crippen molar-refractivity contribution >= 4 is 28.2 Å². The van der Waals surface area contributed by atoms with E-state index in [0.29, 0.717) is 28.4 Å². The number of nitrogens with zero attached hydrogens (tertiary/aromatic N) is 2. The molecule has 1 aliphatic carbocycles. The van der Waals surface area contributed by atoms with Crippen LogP contribution in [0.3, 0.4) is 0 Å². The second-order valence-corrected chi connectivity index (χ2v) is 9.20. The van der Waals surface area contributed by atoms with E-state index < -0.39 is 5.91 Å². The van der Waals surface area contributed by atoms with Crippen LogP contribution in [0.4, 0.5) is 5.00 Å². The first-order valence-electron chi connectivity index (χ1n) is 11.1. The van der Waals surface area contributed by atoms with Crippen molar-refractivity contribution in [1.29, 1.82) is 0 Å². The summed E-state index contributed by atoms with van der Waals surface area (Å²) in [5.74, 6) is -0.522. The summed E-state index contributed by atoms with van der Waals surface area (Å²) in [6, 6.07) is 12.1. The molecule has 1 aliphatic rings. The Balaban J connectivity index is 1.38. The van der Waals surface area contributed by atoms with Crippen molar-refractivity contribution in [2.45, 2.75) is 32.2 Å². The molecule has 3 aromatic heterocycles. The molecule has 0 bridgehead atoms. The van der Waals surface area contributed by atoms with Gasteiger partial charge in [-0.05, 0) is 61.1 Å². The molecule has 0 atom stereocenters. The van der Waals surface area contributed by atoms with Crippen LogP contribution in [-0.2, 0) is 19.4 Å². The second kappa shape index (κ2) is 9.48. The topological polar surface area (TPSA) is 120 Å². The smallest absolute Gasteiger partial charge is 0.274 e. The maximum absolute atomic E-state index is 13.2. The number of aryl methyl sites for hydroxylation is 1. The van der Waals surface area contributed by atoms with E-state index in [9.17, 15) is 14.7 Å². The van der Waals surface area contributed by atoms with Crippen LogP contribution in [0.25, 0.3) is 11.3 Å². The predicted octanol–water partition coefficient (Wildman–Crippen LogP) is 4.30. The summed E-state index contributed by atoms with van der Waals surface area (Å²) in [5, 5.41) is 23.4. The fourth-order valence-corrected chi connectivity index (χ4v) is 5.39. The number of anilines is 1. The summed E-state index contributed by atoms with van der Waals surface area (Å²) in [4.78, 5) is 31.5. The van der Waals surface area contributed by atoms with Gasteiger partial charge in [-0.2, -0.15) is 5.10 Å². The third kappa shape index (κ3) is 4.42. The van der Waals surface area contributed by atoms with Gasteiger partial charge in [0.2, 0.25) is 0 Å². The van der Waals surface area contributed by atoms with Crippen LogP contribution in [0.2, 0.25) is 0 Å². The lowest BCUT2D eigenvalue weighted by Gasteiger charge is -2.13. The molecule has 0 aliphatic heterocycles. The standard InChI is InChI=1S/C25H23N5O3S/c31-20-9-3-1-7-16(20)18-12-19(30-29-18)23(32)28-25-22(17-8-2-4-10-21(17)34-25)24(33)27-14-15-6-5-11-26-13-15/h1,3,5-7,9,11-13,31H,2,4,8,10,14H2,(H,27,33)(H,28,32)(H,29,30). The van der Waals surface area contributed by atoms with Crippen LogP contribution >= 0.6 is 11.3 Å². The molecule has 2 amide bonds. The van der Waals surface area contributed by atoms with Crippen molar-refractivity contribution in [3.05, 3.63) is 82.1 Å². The molecule has 0 unspecified atom stereocenters. The van der Waals surface area contributed by atoms with Gasteiger partial charge in [0.15, 0.2) is 0 Å². The van der Waals surface area contributed by atoms with Crippen molar-refractivity contribution in [1.82, 2.24) is 20.5 Å². The number of carbonyl (C=O) groups excluding carboxylic acids is 2. The number of hydrogen-bond acceptors (Lipinski definition) is 6. The predicted molar refractivity (Wildman–Crippen MR) is 130 cm³/mol. The Morgan fingerprint density at radius 1 is 1.09 bits per heavy atom. The van der Waals surface area contributed by atoms with Gasteiger partial charge in [0, 0.05) is 29.4 Å². The van der Waals surface area contributed by atoms with Gasteiger partial charge in [-0.15, -0.1) is 11.3 Å². The Labute approximate surface area is 200 Å². The normalized spacial score (nSPS) is 12.7. The summed E-state index contributed by atoms with van der Waals surface area (Å²) in [6.07, 6.45) is 7.21. The minimum absolute atomic E-state index is 0.0828. The number of hydrogen-bond donors (Lipinski definition) is 4. The molecule has 0 saturated heterocycles. The van der Waals surface area contributed by atoms with Crippen molar-refractivity contribution in [3.8, 4) is 17.0 Å². The van der Waals surface area contributed by atoms with Gasteiger partial charge in [0.25, 0.3) is 11.8 Å². The minimum atomic E-state index is -0.394. The average Bonchev–Trinajstić information content (AvgIpc) is 3.48. The van der Waals surface area contributed by atoms with Gasteiger partial charge in [-0.25, -0.2) is 0 Å². The molecule has 3 heterocycles. The highest BCUT2D eigenvalue weighted by Crippen LogP contribution is 2.38. The van der Waals surface area contributed by atoms with Crippen LogP contribution in [0, 0.1) is 0 Å². The summed E-state index contributed by atoms with van der Waals surface area (Å²) < 4.78 is 0. The van der Waals surface area contributed by atoms with Crippen LogP contribution in [0.1, 0.15) is 49.7 Å². The number of aromatic hydroxyl groups is 1. The summed E-state index contributed by atoms with van der Waals surface area (Å²) >= 11 is 1.46. The van der Waals surface area contributed by atoms with E-state index in [0.717, 1.165) is 41.7 Å². The number of H-pyrrole nitrogens is 1. The van der Waals surface area contributed by atoms with E-state index in [-0.39, 0.29) is 17.4 Å². The van der Waals surface area contributed by atoms with Crippen molar-refractivity contribution in [2.24, 2.45) is 0 Å². The number of para-hydroxylation sites is 1. The van der Waals surface area contributed by atoms with Gasteiger partial charge in [-0.1, -0.05) is 18.2 Å². The summed E-state index contributed by atoms with van der Waals surface area (Å²) in [5.41, 5.74) is 3.70. The number of rotatable bonds is 6. The Bertz CT molecular complexity index is 1350. The van der Waals surface area contributed by atoms with E-state index in [1.54, 1.807) is 42.7 Å². The number of carbonyl (C=O) groups is 2. The van der Waals surface area contributed by atoms with Gasteiger partial charge in [0.05, 0.1) is 11.3 Å². The monoisotopic (exact) mass is 473 g/mol. The maximum Gasteiger partial charge on any atom is 0.274 e. The molecular formula is C25H23N5O3S. The zero-order valence-electron chi connectivity index (χ0n) is 18.3. The third-order valence-electron chi connectivity index (χ3n) is 5.80. The van der Waals surface area contributed by atoms with Crippen LogP contribution in [0.5, 0.6) is 5.75 Å². The molecule has 0 saturated carbocycles. The van der Waals surface area contributed by atoms with Gasteiger partial charge >= 0.3 is 0 Å². The highest BCUT2D eigenvalue weighted by molar-refractivity contribution is 7.17. The molecule has 34 heavy (non-hydrogen) atoms. The number of aromatic amines is 1. The Morgan fingerprint density at radius 2 is 1.94 bits per heavy atom. The van der Waals surface area contributed by atoms with E-state index in [1.165, 1.54) is 11.3 Å². The number of amides is 2. The lowest BCUT2D eigenvalue weighted by Crippen LogP contribution is -2.25. The molecule has 4 N–H and O–H groups in total. The summed E-state index contributed by atoms with van der Waals surface area (Å²) in [7, 11) is 0. The molecule has 8 nitrogen and oxygen atoms in total. The largest absolute Gasteiger partial charge is 0.507 e. The number of fused-ring (bicyclic) bond motifs is 1. The molecule has 0 radical (unpaired) electrons. The SMILES string of the molecule is O=C(Nc1sc2c(c1C(=O)NCc1cccnc1)CCCC2)c1cc(-c2ccccc2O)n[nH]1. The molecule has 9 heteroatoms. The van der Waals surface area contributed by atoms with Gasteiger partial charge in [-0.3, -0.25) is 19.7 Å². The average molecular weight is 474 g/mol. The number of thiophene rings is 1. The highest BCUT2D eigenvalue weighted by atomic mass is 32.1. The quantitative estimate of drug-likeness (QED) is 0.333. The summed E-state index contributed by atoms with van der Waals surface area (Å²) in [6.45, 7) is 0.356. The molecule has 1 aromatic carbocycles. The maximum atomic E-state index is 13.2. The zero-order chi connectivity index (χ0) is 23.5. The fourth-order valence-electron chi connectivity index (χ4n) is 4.10. The van der Waals surface area contributed by atoms with E-state index >= 15 is 0 Å². The third-order valence-corrected chi connectivity index (χ3v) is 7.01. The number of nitrogens with one attached hydrogen (secondary N) is 3. The van der Waals surface area contributed by atoms with Crippen LogP contribution in [0.15, 0.2) is 54.9 Å².